The van der Waals surface area contributed by atoms with Gasteiger partial charge in [-0.15, -0.1) is 0 Å². The van der Waals surface area contributed by atoms with Gasteiger partial charge in [0.25, 0.3) is 5.91 Å². The molecule has 0 aliphatic carbocycles. The summed E-state index contributed by atoms with van der Waals surface area (Å²) in [7, 11) is 1.85. The topological polar surface area (TPSA) is 65.4 Å². The zero-order valence-corrected chi connectivity index (χ0v) is 12.4. The Morgan fingerprint density at radius 2 is 2.32 bits per heavy atom. The predicted octanol–water partition coefficient (Wildman–Crippen LogP) is 1.39. The first-order valence-corrected chi connectivity index (χ1v) is 7.31. The van der Waals surface area contributed by atoms with E-state index >= 15 is 0 Å². The van der Waals surface area contributed by atoms with Gasteiger partial charge in [0, 0.05) is 32.1 Å². The first-order valence-electron chi connectivity index (χ1n) is 7.31. The Hall–Kier alpha value is -2.34. The zero-order valence-electron chi connectivity index (χ0n) is 12.4. The summed E-state index contributed by atoms with van der Waals surface area (Å²) in [5.41, 5.74) is 0.628. The molecule has 0 spiro atoms. The molecule has 0 saturated carbocycles. The molecule has 1 aliphatic rings. The summed E-state index contributed by atoms with van der Waals surface area (Å²) in [5, 5.41) is 3.04. The van der Waals surface area contributed by atoms with E-state index in [0.717, 1.165) is 0 Å². The van der Waals surface area contributed by atoms with Gasteiger partial charge in [-0.25, -0.2) is 4.98 Å². The number of hydrogen-bond donors (Lipinski definition) is 1. The van der Waals surface area contributed by atoms with Crippen molar-refractivity contribution in [1.29, 1.82) is 0 Å². The lowest BCUT2D eigenvalue weighted by Crippen LogP contribution is -2.51. The lowest BCUT2D eigenvalue weighted by atomic mass is 10.1. The molecule has 1 N–H and O–H groups in total. The second-order valence-corrected chi connectivity index (χ2v) is 5.27. The molecule has 2 aromatic rings. The molecule has 0 aromatic carbocycles. The lowest BCUT2D eigenvalue weighted by Gasteiger charge is -2.32. The minimum Gasteiger partial charge on any atom is -0.470 e. The van der Waals surface area contributed by atoms with Crippen molar-refractivity contribution in [3.63, 3.8) is 0 Å². The van der Waals surface area contributed by atoms with Crippen molar-refractivity contribution in [2.75, 3.05) is 13.2 Å². The van der Waals surface area contributed by atoms with Crippen LogP contribution in [0.25, 0.3) is 0 Å². The van der Waals surface area contributed by atoms with Gasteiger partial charge in [0.1, 0.15) is 11.8 Å². The van der Waals surface area contributed by atoms with Crippen LogP contribution in [0, 0.1) is 0 Å². The van der Waals surface area contributed by atoms with Crippen LogP contribution in [0.2, 0.25) is 0 Å². The number of pyridine rings is 1. The van der Waals surface area contributed by atoms with Crippen LogP contribution in [0.15, 0.2) is 42.7 Å². The SMILES string of the molecule is Cn1cccc1C(=O)N[C@@H]1CCOC[C@H]1Oc1ccccn1. The van der Waals surface area contributed by atoms with E-state index in [1.165, 1.54) is 0 Å². The molecular weight excluding hydrogens is 282 g/mol. The van der Waals surface area contributed by atoms with E-state index in [9.17, 15) is 4.79 Å². The maximum Gasteiger partial charge on any atom is 0.268 e. The van der Waals surface area contributed by atoms with Crippen molar-refractivity contribution in [2.24, 2.45) is 7.05 Å². The number of rotatable bonds is 4. The van der Waals surface area contributed by atoms with Crippen molar-refractivity contribution >= 4 is 5.91 Å². The first kappa shape index (κ1) is 14.6. The van der Waals surface area contributed by atoms with Gasteiger partial charge in [-0.2, -0.15) is 0 Å². The van der Waals surface area contributed by atoms with Crippen LogP contribution in [-0.4, -0.2) is 40.8 Å². The van der Waals surface area contributed by atoms with Crippen LogP contribution >= 0.6 is 0 Å². The highest BCUT2D eigenvalue weighted by molar-refractivity contribution is 5.92. The first-order chi connectivity index (χ1) is 10.7. The summed E-state index contributed by atoms with van der Waals surface area (Å²) in [4.78, 5) is 16.5. The molecule has 3 heterocycles. The van der Waals surface area contributed by atoms with Gasteiger partial charge in [0.2, 0.25) is 5.88 Å². The van der Waals surface area contributed by atoms with E-state index in [0.29, 0.717) is 31.2 Å². The highest BCUT2D eigenvalue weighted by atomic mass is 16.5. The standard InChI is InChI=1S/C16H19N3O3/c1-19-9-4-5-13(19)16(20)18-12-7-10-21-11-14(12)22-15-6-2-3-8-17-15/h2-6,8-9,12,14H,7,10-11H2,1H3,(H,18,20)/t12-,14-/m1/s1. The number of ether oxygens (including phenoxy) is 2. The molecule has 6 nitrogen and oxygen atoms in total. The molecule has 1 saturated heterocycles. The molecule has 3 rings (SSSR count). The highest BCUT2D eigenvalue weighted by Gasteiger charge is 2.29. The fourth-order valence-electron chi connectivity index (χ4n) is 2.50. The number of carbonyl (C=O) groups excluding carboxylic acids is 1. The number of aryl methyl sites for hydroxylation is 1. The van der Waals surface area contributed by atoms with E-state index in [1.54, 1.807) is 22.9 Å². The fraction of sp³-hybridized carbons (Fsp3) is 0.375. The van der Waals surface area contributed by atoms with Crippen LogP contribution < -0.4 is 10.1 Å². The predicted molar refractivity (Wildman–Crippen MR) is 80.8 cm³/mol. The number of aromatic nitrogens is 2. The van der Waals surface area contributed by atoms with Gasteiger partial charge in [-0.3, -0.25) is 4.79 Å². The maximum atomic E-state index is 12.3. The Balaban J connectivity index is 1.67. The van der Waals surface area contributed by atoms with Crippen LogP contribution in [0.3, 0.4) is 0 Å². The Kier molecular flexibility index (Phi) is 4.39. The Bertz CT molecular complexity index is 627. The van der Waals surface area contributed by atoms with Gasteiger partial charge < -0.3 is 19.4 Å². The minimum atomic E-state index is -0.243. The number of nitrogens with one attached hydrogen (secondary N) is 1. The highest BCUT2D eigenvalue weighted by Crippen LogP contribution is 2.16. The molecule has 2 aromatic heterocycles. The van der Waals surface area contributed by atoms with E-state index in [-0.39, 0.29) is 18.1 Å². The number of amides is 1. The zero-order chi connectivity index (χ0) is 15.4. The van der Waals surface area contributed by atoms with Crippen molar-refractivity contribution in [2.45, 2.75) is 18.6 Å². The van der Waals surface area contributed by atoms with Crippen molar-refractivity contribution < 1.29 is 14.3 Å². The van der Waals surface area contributed by atoms with Crippen LogP contribution in [-0.2, 0) is 11.8 Å². The Morgan fingerprint density at radius 3 is 3.05 bits per heavy atom. The molecule has 1 amide bonds. The molecule has 0 unspecified atom stereocenters. The largest absolute Gasteiger partial charge is 0.470 e. The second-order valence-electron chi connectivity index (χ2n) is 5.27. The van der Waals surface area contributed by atoms with Gasteiger partial charge in [-0.05, 0) is 24.6 Å². The number of nitrogens with zero attached hydrogens (tertiary/aromatic N) is 2. The third kappa shape index (κ3) is 3.28. The third-order valence-corrected chi connectivity index (χ3v) is 3.71. The molecule has 22 heavy (non-hydrogen) atoms. The molecule has 0 radical (unpaired) electrons. The van der Waals surface area contributed by atoms with Gasteiger partial charge in [0.05, 0.1) is 12.6 Å². The van der Waals surface area contributed by atoms with E-state index in [2.05, 4.69) is 10.3 Å². The van der Waals surface area contributed by atoms with E-state index in [1.807, 2.05) is 31.4 Å². The minimum absolute atomic E-state index is 0.0989. The van der Waals surface area contributed by atoms with Crippen molar-refractivity contribution in [3.8, 4) is 5.88 Å². The molecular formula is C16H19N3O3. The summed E-state index contributed by atoms with van der Waals surface area (Å²) in [6, 6.07) is 9.04. The summed E-state index contributed by atoms with van der Waals surface area (Å²) >= 11 is 0. The Morgan fingerprint density at radius 1 is 1.41 bits per heavy atom. The van der Waals surface area contributed by atoms with Crippen LogP contribution in [0.1, 0.15) is 16.9 Å². The van der Waals surface area contributed by atoms with Gasteiger partial charge >= 0.3 is 0 Å². The smallest absolute Gasteiger partial charge is 0.268 e. The monoisotopic (exact) mass is 301 g/mol. The average molecular weight is 301 g/mol. The third-order valence-electron chi connectivity index (χ3n) is 3.71. The van der Waals surface area contributed by atoms with Crippen molar-refractivity contribution in [1.82, 2.24) is 14.9 Å². The molecule has 2 atom stereocenters. The quantitative estimate of drug-likeness (QED) is 0.927. The number of carbonyl (C=O) groups is 1. The average Bonchev–Trinajstić information content (AvgIpc) is 2.96. The molecule has 6 heteroatoms. The summed E-state index contributed by atoms with van der Waals surface area (Å²) in [6.07, 6.45) is 4.00. The summed E-state index contributed by atoms with van der Waals surface area (Å²) in [6.45, 7) is 1.05. The summed E-state index contributed by atoms with van der Waals surface area (Å²) in [5.74, 6) is 0.435. The summed E-state index contributed by atoms with van der Waals surface area (Å²) < 4.78 is 13.1. The van der Waals surface area contributed by atoms with Crippen LogP contribution in [0.5, 0.6) is 5.88 Å². The maximum absolute atomic E-state index is 12.3. The number of hydrogen-bond acceptors (Lipinski definition) is 4. The van der Waals surface area contributed by atoms with Gasteiger partial charge in [0.15, 0.2) is 0 Å². The van der Waals surface area contributed by atoms with E-state index < -0.39 is 0 Å². The lowest BCUT2D eigenvalue weighted by molar-refractivity contribution is -0.0153. The second kappa shape index (κ2) is 6.62. The Labute approximate surface area is 129 Å². The van der Waals surface area contributed by atoms with E-state index in [4.69, 9.17) is 9.47 Å². The molecule has 116 valence electrons. The molecule has 1 aliphatic heterocycles. The molecule has 1 fully saturated rings. The van der Waals surface area contributed by atoms with Crippen molar-refractivity contribution in [3.05, 3.63) is 48.4 Å². The van der Waals surface area contributed by atoms with Crippen LogP contribution in [0.4, 0.5) is 0 Å². The fourth-order valence-corrected chi connectivity index (χ4v) is 2.50. The van der Waals surface area contributed by atoms with Gasteiger partial charge in [-0.1, -0.05) is 6.07 Å². The normalized spacial score (nSPS) is 21.3. The molecule has 0 bridgehead atoms.